The van der Waals surface area contributed by atoms with Gasteiger partial charge in [-0.1, -0.05) is 279 Å². The number of hydrogen-bond acceptors (Lipinski definition) is 18. The van der Waals surface area contributed by atoms with Crippen molar-refractivity contribution >= 4 is 5.91 Å². The average molecular weight is 1380 g/mol. The summed E-state index contributed by atoms with van der Waals surface area (Å²) in [4.78, 5) is 13.5. The minimum absolute atomic E-state index is 0.237. The van der Waals surface area contributed by atoms with E-state index in [9.17, 15) is 61.0 Å². The molecule has 0 aromatic carbocycles. The van der Waals surface area contributed by atoms with E-state index in [1.54, 1.807) is 6.08 Å². The molecule has 19 heteroatoms. The van der Waals surface area contributed by atoms with Gasteiger partial charge in [0.05, 0.1) is 38.6 Å². The van der Waals surface area contributed by atoms with E-state index >= 15 is 0 Å². The molecule has 0 radical (unpaired) electrons. The van der Waals surface area contributed by atoms with Crippen LogP contribution in [0.3, 0.4) is 0 Å². The molecule has 3 aliphatic heterocycles. The molecular formula is C78H137NO18. The smallest absolute Gasteiger partial charge is 0.220 e. The lowest BCUT2D eigenvalue weighted by molar-refractivity contribution is -0.379. The molecule has 0 spiro atoms. The minimum Gasteiger partial charge on any atom is -0.394 e. The highest BCUT2D eigenvalue weighted by Crippen LogP contribution is 2.33. The number of aliphatic hydroxyl groups excluding tert-OH is 11. The Balaban J connectivity index is 1.39. The van der Waals surface area contributed by atoms with E-state index in [4.69, 9.17) is 28.4 Å². The van der Waals surface area contributed by atoms with Crippen LogP contribution in [-0.4, -0.2) is 193 Å². The molecule has 0 aliphatic carbocycles. The van der Waals surface area contributed by atoms with Gasteiger partial charge in [0.15, 0.2) is 18.9 Å². The maximum absolute atomic E-state index is 13.5. The van der Waals surface area contributed by atoms with E-state index < -0.39 is 124 Å². The molecule has 3 aliphatic rings. The van der Waals surface area contributed by atoms with Gasteiger partial charge in [0.1, 0.15) is 73.2 Å². The second-order valence-corrected chi connectivity index (χ2v) is 27.1. The molecule has 17 atom stereocenters. The standard InChI is InChI=1S/C78H137NO18/c1-3-5-7-9-11-13-15-17-19-21-23-25-26-27-28-29-30-31-32-33-34-36-38-40-42-44-46-48-50-52-54-56-66(84)79-61(62(83)55-53-51-49-47-45-43-41-39-37-35-24-22-20-18-16-14-12-10-8-6-4-2)60-92-76-72(90)69(87)74(64(58-81)94-76)97-78-73(91)70(88)75(65(59-82)95-78)96-77-71(89)68(86)67(85)63(57-80)93-77/h5,7,11,13,17,19,23,25,27-28,30-31,53,55,61-65,67-78,80-83,85-91H,3-4,6,8-10,12,14-16,18,20-22,24,26,29,32-52,54,56-60H2,1-2H3,(H,79,84)/b7-5-,13-11-,19-17-,25-23-,28-27-,31-30-,55-53+. The van der Waals surface area contributed by atoms with Crippen molar-refractivity contribution in [2.45, 2.75) is 375 Å². The lowest BCUT2D eigenvalue weighted by Crippen LogP contribution is -2.66. The summed E-state index contributed by atoms with van der Waals surface area (Å²) in [5.41, 5.74) is 0. The maximum atomic E-state index is 13.5. The van der Waals surface area contributed by atoms with Crippen LogP contribution in [0.5, 0.6) is 0 Å². The van der Waals surface area contributed by atoms with Gasteiger partial charge >= 0.3 is 0 Å². The quantitative estimate of drug-likeness (QED) is 0.0199. The van der Waals surface area contributed by atoms with E-state index in [0.29, 0.717) is 6.42 Å². The van der Waals surface area contributed by atoms with Gasteiger partial charge in [0.2, 0.25) is 5.91 Å². The Morgan fingerprint density at radius 1 is 0.381 bits per heavy atom. The second kappa shape index (κ2) is 58.5. The fourth-order valence-corrected chi connectivity index (χ4v) is 12.5. The summed E-state index contributed by atoms with van der Waals surface area (Å²) in [5.74, 6) is -0.278. The van der Waals surface area contributed by atoms with Gasteiger partial charge < -0.3 is 89.9 Å². The monoisotopic (exact) mass is 1380 g/mol. The molecule has 17 unspecified atom stereocenters. The number of ether oxygens (including phenoxy) is 6. The number of nitrogens with one attached hydrogen (secondary N) is 1. The molecular weight excluding hydrogens is 1240 g/mol. The maximum Gasteiger partial charge on any atom is 0.220 e. The van der Waals surface area contributed by atoms with Crippen molar-refractivity contribution < 1.29 is 89.4 Å². The summed E-state index contributed by atoms with van der Waals surface area (Å²) in [5, 5.41) is 121. The third-order valence-electron chi connectivity index (χ3n) is 18.7. The Morgan fingerprint density at radius 3 is 1.11 bits per heavy atom. The van der Waals surface area contributed by atoms with Crippen LogP contribution in [0.1, 0.15) is 271 Å². The van der Waals surface area contributed by atoms with Crippen molar-refractivity contribution in [3.8, 4) is 0 Å². The Hall–Kier alpha value is -3.03. The molecule has 562 valence electrons. The number of rotatable bonds is 59. The summed E-state index contributed by atoms with van der Waals surface area (Å²) in [7, 11) is 0. The van der Waals surface area contributed by atoms with E-state index in [-0.39, 0.29) is 18.9 Å². The highest BCUT2D eigenvalue weighted by molar-refractivity contribution is 5.76. The van der Waals surface area contributed by atoms with E-state index in [0.717, 1.165) is 96.3 Å². The van der Waals surface area contributed by atoms with Crippen LogP contribution in [0.25, 0.3) is 0 Å². The van der Waals surface area contributed by atoms with Crippen LogP contribution >= 0.6 is 0 Å². The predicted octanol–water partition coefficient (Wildman–Crippen LogP) is 11.8. The Bertz CT molecular complexity index is 2080. The molecule has 3 rings (SSSR count). The number of carbonyl (C=O) groups is 1. The number of unbranched alkanes of at least 4 members (excludes halogenated alkanes) is 31. The number of hydrogen-bond donors (Lipinski definition) is 12. The molecule has 3 fully saturated rings. The van der Waals surface area contributed by atoms with E-state index in [1.165, 1.54) is 148 Å². The first-order chi connectivity index (χ1) is 47.3. The molecule has 0 aromatic heterocycles. The third kappa shape index (κ3) is 39.3. The van der Waals surface area contributed by atoms with Gasteiger partial charge in [0, 0.05) is 6.42 Å². The van der Waals surface area contributed by atoms with Gasteiger partial charge in [0.25, 0.3) is 0 Å². The van der Waals surface area contributed by atoms with Crippen molar-refractivity contribution in [1.82, 2.24) is 5.32 Å². The normalized spacial score (nSPS) is 27.4. The van der Waals surface area contributed by atoms with Gasteiger partial charge in [-0.2, -0.15) is 0 Å². The Kier molecular flexibility index (Phi) is 53.2. The van der Waals surface area contributed by atoms with Gasteiger partial charge in [-0.05, 0) is 70.6 Å². The van der Waals surface area contributed by atoms with Gasteiger partial charge in [-0.15, -0.1) is 0 Å². The summed E-state index contributed by atoms with van der Waals surface area (Å²) in [6.45, 7) is 1.64. The van der Waals surface area contributed by atoms with Crippen molar-refractivity contribution in [2.75, 3.05) is 26.4 Å². The van der Waals surface area contributed by atoms with Crippen LogP contribution in [-0.2, 0) is 33.2 Å². The SMILES string of the molecule is CC/C=C\C/C=C\C/C=C\C/C=C\C/C=C\C/C=C\CCCCCCCCCCCCCCC(=O)NC(COC1OC(CO)C(OC2OC(CO)C(OC3OC(CO)C(O)C(O)C3O)C(O)C2O)C(O)C1O)C(O)/C=C/CCCCCCCCCCCCCCCCCCCCC. The molecule has 0 aromatic rings. The van der Waals surface area contributed by atoms with E-state index in [1.807, 2.05) is 6.08 Å². The summed E-state index contributed by atoms with van der Waals surface area (Å²) < 4.78 is 34.4. The molecule has 3 saturated heterocycles. The van der Waals surface area contributed by atoms with Gasteiger partial charge in [-0.3, -0.25) is 4.79 Å². The number of aliphatic hydroxyl groups is 11. The first-order valence-corrected chi connectivity index (χ1v) is 38.3. The molecule has 97 heavy (non-hydrogen) atoms. The zero-order chi connectivity index (χ0) is 70.4. The summed E-state index contributed by atoms with van der Waals surface area (Å²) >= 11 is 0. The van der Waals surface area contributed by atoms with Crippen molar-refractivity contribution in [2.24, 2.45) is 0 Å². The lowest BCUT2D eigenvalue weighted by atomic mass is 9.96. The Labute approximate surface area is 584 Å². The van der Waals surface area contributed by atoms with Crippen molar-refractivity contribution in [1.29, 1.82) is 0 Å². The van der Waals surface area contributed by atoms with Crippen LogP contribution in [0.4, 0.5) is 0 Å². The Morgan fingerprint density at radius 2 is 0.711 bits per heavy atom. The minimum atomic E-state index is -1.98. The molecule has 0 saturated carbocycles. The predicted molar refractivity (Wildman–Crippen MR) is 383 cm³/mol. The zero-order valence-electron chi connectivity index (χ0n) is 59.8. The fraction of sp³-hybridized carbons (Fsp3) is 0.808. The largest absolute Gasteiger partial charge is 0.394 e. The molecule has 19 nitrogen and oxygen atoms in total. The highest BCUT2D eigenvalue weighted by atomic mass is 16.8. The van der Waals surface area contributed by atoms with Crippen molar-refractivity contribution in [3.05, 3.63) is 85.1 Å². The van der Waals surface area contributed by atoms with Crippen molar-refractivity contribution in [3.63, 3.8) is 0 Å². The van der Waals surface area contributed by atoms with Crippen LogP contribution in [0.15, 0.2) is 85.1 Å². The van der Waals surface area contributed by atoms with Crippen LogP contribution in [0, 0.1) is 0 Å². The molecule has 1 amide bonds. The van der Waals surface area contributed by atoms with Crippen LogP contribution in [0.2, 0.25) is 0 Å². The lowest BCUT2D eigenvalue weighted by Gasteiger charge is -2.48. The summed E-state index contributed by atoms with van der Waals surface area (Å²) in [6.07, 6.45) is 49.8. The average Bonchev–Trinajstić information content (AvgIpc) is 0.798. The first kappa shape index (κ1) is 88.2. The van der Waals surface area contributed by atoms with Crippen LogP contribution < -0.4 is 5.32 Å². The first-order valence-electron chi connectivity index (χ1n) is 38.3. The molecule has 12 N–H and O–H groups in total. The number of allylic oxidation sites excluding steroid dienone is 13. The summed E-state index contributed by atoms with van der Waals surface area (Å²) in [6, 6.07) is -0.980. The number of amides is 1. The number of carbonyl (C=O) groups excluding carboxylic acids is 1. The topological polar surface area (TPSA) is 307 Å². The highest BCUT2D eigenvalue weighted by Gasteiger charge is 2.53. The van der Waals surface area contributed by atoms with E-state index in [2.05, 4.69) is 92.1 Å². The molecule has 3 heterocycles. The van der Waals surface area contributed by atoms with Gasteiger partial charge in [-0.25, -0.2) is 0 Å². The second-order valence-electron chi connectivity index (χ2n) is 27.1. The third-order valence-corrected chi connectivity index (χ3v) is 18.7. The fourth-order valence-electron chi connectivity index (χ4n) is 12.5. The molecule has 0 bridgehead atoms. The zero-order valence-corrected chi connectivity index (χ0v) is 59.8.